The zero-order valence-corrected chi connectivity index (χ0v) is 15.7. The van der Waals surface area contributed by atoms with Crippen molar-refractivity contribution in [3.05, 3.63) is 52.4 Å². The fraction of sp³-hybridized carbons (Fsp3) is 0.450. The zero-order valence-electron chi connectivity index (χ0n) is 15.7. The number of hydrogen-bond acceptors (Lipinski definition) is 5. The van der Waals surface area contributed by atoms with Gasteiger partial charge in [-0.3, -0.25) is 14.9 Å². The molecular weight excluding hydrogens is 344 g/mol. The highest BCUT2D eigenvalue weighted by atomic mass is 16.6. The highest BCUT2D eigenvalue weighted by molar-refractivity contribution is 5.93. The predicted molar refractivity (Wildman–Crippen MR) is 101 cm³/mol. The van der Waals surface area contributed by atoms with Crippen LogP contribution in [0, 0.1) is 15.5 Å². The van der Waals surface area contributed by atoms with E-state index in [1.165, 1.54) is 12.1 Å². The minimum Gasteiger partial charge on any atom is -0.352 e. The Labute approximate surface area is 157 Å². The molecule has 7 heteroatoms. The lowest BCUT2D eigenvalue weighted by Crippen LogP contribution is -2.51. The van der Waals surface area contributed by atoms with Crippen molar-refractivity contribution in [1.29, 1.82) is 0 Å². The monoisotopic (exact) mass is 366 g/mol. The van der Waals surface area contributed by atoms with Crippen LogP contribution < -0.4 is 5.32 Å². The maximum atomic E-state index is 13.3. The van der Waals surface area contributed by atoms with Gasteiger partial charge >= 0.3 is 0 Å². The third-order valence-corrected chi connectivity index (χ3v) is 7.03. The second-order valence-corrected chi connectivity index (χ2v) is 8.21. The zero-order chi connectivity index (χ0) is 19.6. The van der Waals surface area contributed by atoms with E-state index in [4.69, 9.17) is 9.97 Å². The molecule has 7 nitrogen and oxygen atoms in total. The number of nitrogens with zero attached hydrogens (tertiary/aromatic N) is 3. The molecule has 2 aliphatic rings. The number of amides is 1. The second kappa shape index (κ2) is 5.34. The molecule has 1 heterocycles. The Morgan fingerprint density at radius 3 is 2.63 bits per heavy atom. The standard InChI is InChI=1S/C20H22N4O3/c1-5-10-21-17(25)20-9-8-19(4,18(20,2)3)15-16(20)23-14-11-12(24(26)27)6-7-13(14)22-15/h5-7,11H,1,8-10H2,2-4H3,(H,21,25). The molecule has 0 spiro atoms. The van der Waals surface area contributed by atoms with E-state index in [1.807, 2.05) is 0 Å². The number of aromatic nitrogens is 2. The molecule has 0 radical (unpaired) electrons. The highest BCUT2D eigenvalue weighted by Crippen LogP contribution is 2.70. The van der Waals surface area contributed by atoms with Crippen LogP contribution in [0.25, 0.3) is 11.0 Å². The average Bonchev–Trinajstić information content (AvgIpc) is 2.93. The summed E-state index contributed by atoms with van der Waals surface area (Å²) in [5.74, 6) is -0.0750. The van der Waals surface area contributed by atoms with E-state index in [-0.39, 0.29) is 22.4 Å². The Morgan fingerprint density at radius 2 is 1.96 bits per heavy atom. The molecule has 1 aromatic carbocycles. The van der Waals surface area contributed by atoms with Crippen LogP contribution in [0.15, 0.2) is 30.9 Å². The predicted octanol–water partition coefficient (Wildman–Crippen LogP) is 3.17. The SMILES string of the molecule is C=CCNC(=O)C12CCC(C)(c3nc4ccc([N+](=O)[O-])cc4nc31)C2(C)C. The molecule has 1 aromatic heterocycles. The Balaban J connectivity index is 1.99. The highest BCUT2D eigenvalue weighted by Gasteiger charge is 2.73. The van der Waals surface area contributed by atoms with Gasteiger partial charge in [0.25, 0.3) is 5.69 Å². The Hall–Kier alpha value is -2.83. The minimum atomic E-state index is -0.800. The van der Waals surface area contributed by atoms with E-state index < -0.39 is 10.3 Å². The third kappa shape index (κ3) is 1.94. The number of hydrogen-bond donors (Lipinski definition) is 1. The molecular formula is C20H22N4O3. The third-order valence-electron chi connectivity index (χ3n) is 7.03. The van der Waals surface area contributed by atoms with E-state index in [1.54, 1.807) is 12.1 Å². The second-order valence-electron chi connectivity index (χ2n) is 8.21. The normalized spacial score (nSPS) is 27.4. The van der Waals surface area contributed by atoms with Gasteiger partial charge in [-0.2, -0.15) is 0 Å². The fourth-order valence-corrected chi connectivity index (χ4v) is 5.02. The Kier molecular flexibility index (Phi) is 3.48. The van der Waals surface area contributed by atoms with Gasteiger partial charge < -0.3 is 5.32 Å². The molecule has 2 unspecified atom stereocenters. The molecule has 140 valence electrons. The van der Waals surface area contributed by atoms with E-state index in [2.05, 4.69) is 32.7 Å². The van der Waals surface area contributed by atoms with E-state index >= 15 is 0 Å². The van der Waals surface area contributed by atoms with Crippen LogP contribution in [0.4, 0.5) is 5.69 Å². The van der Waals surface area contributed by atoms with Crippen LogP contribution in [0.5, 0.6) is 0 Å². The van der Waals surface area contributed by atoms with Gasteiger partial charge in [0.2, 0.25) is 5.91 Å². The van der Waals surface area contributed by atoms with Crippen LogP contribution in [0.2, 0.25) is 0 Å². The molecule has 2 aromatic rings. The molecule has 0 aliphatic heterocycles. The average molecular weight is 366 g/mol. The van der Waals surface area contributed by atoms with Crippen molar-refractivity contribution in [1.82, 2.24) is 15.3 Å². The molecule has 1 saturated carbocycles. The number of benzene rings is 1. The lowest BCUT2D eigenvalue weighted by Gasteiger charge is -2.39. The molecule has 0 saturated heterocycles. The first-order valence-electron chi connectivity index (χ1n) is 9.05. The van der Waals surface area contributed by atoms with Crippen molar-refractivity contribution in [3.8, 4) is 0 Å². The topological polar surface area (TPSA) is 98.0 Å². The Morgan fingerprint density at radius 1 is 1.26 bits per heavy atom. The van der Waals surface area contributed by atoms with Gasteiger partial charge in [-0.1, -0.05) is 26.8 Å². The number of rotatable bonds is 4. The van der Waals surface area contributed by atoms with Crippen molar-refractivity contribution in [2.75, 3.05) is 6.54 Å². The van der Waals surface area contributed by atoms with Crippen molar-refractivity contribution in [3.63, 3.8) is 0 Å². The molecule has 2 atom stereocenters. The molecule has 1 fully saturated rings. The van der Waals surface area contributed by atoms with Crippen LogP contribution in [0.3, 0.4) is 0 Å². The quantitative estimate of drug-likeness (QED) is 0.509. The van der Waals surface area contributed by atoms with E-state index in [0.29, 0.717) is 29.7 Å². The largest absolute Gasteiger partial charge is 0.352 e. The summed E-state index contributed by atoms with van der Waals surface area (Å²) in [6.45, 7) is 10.4. The molecule has 1 amide bonds. The van der Waals surface area contributed by atoms with E-state index in [9.17, 15) is 14.9 Å². The Bertz CT molecular complexity index is 1020. The van der Waals surface area contributed by atoms with Crippen LogP contribution in [0.1, 0.15) is 45.0 Å². The lowest BCUT2D eigenvalue weighted by atomic mass is 9.63. The van der Waals surface area contributed by atoms with Gasteiger partial charge in [0.15, 0.2) is 0 Å². The number of nitro groups is 1. The van der Waals surface area contributed by atoms with Crippen LogP contribution >= 0.6 is 0 Å². The van der Waals surface area contributed by atoms with Gasteiger partial charge in [0, 0.05) is 24.1 Å². The minimum absolute atomic E-state index is 0.0319. The van der Waals surface area contributed by atoms with Crippen molar-refractivity contribution in [2.45, 2.75) is 44.4 Å². The first-order chi connectivity index (χ1) is 12.7. The summed E-state index contributed by atoms with van der Waals surface area (Å²) in [6, 6.07) is 4.50. The van der Waals surface area contributed by atoms with Crippen LogP contribution in [-0.4, -0.2) is 27.3 Å². The summed E-state index contributed by atoms with van der Waals surface area (Å²) < 4.78 is 0. The molecule has 4 rings (SSSR count). The number of carbonyl (C=O) groups is 1. The maximum Gasteiger partial charge on any atom is 0.271 e. The maximum absolute atomic E-state index is 13.3. The smallest absolute Gasteiger partial charge is 0.271 e. The molecule has 2 bridgehead atoms. The van der Waals surface area contributed by atoms with Gasteiger partial charge in [-0.05, 0) is 24.3 Å². The summed E-state index contributed by atoms with van der Waals surface area (Å²) >= 11 is 0. The number of fused-ring (bicyclic) bond motifs is 6. The number of non-ortho nitro benzene ring substituents is 1. The molecule has 2 aliphatic carbocycles. The van der Waals surface area contributed by atoms with Crippen molar-refractivity contribution < 1.29 is 9.72 Å². The van der Waals surface area contributed by atoms with Gasteiger partial charge in [0.05, 0.1) is 32.8 Å². The first-order valence-corrected chi connectivity index (χ1v) is 9.05. The summed E-state index contributed by atoms with van der Waals surface area (Å²) in [6.07, 6.45) is 3.18. The van der Waals surface area contributed by atoms with Crippen molar-refractivity contribution >= 4 is 22.6 Å². The van der Waals surface area contributed by atoms with Crippen LogP contribution in [-0.2, 0) is 15.6 Å². The molecule has 1 N–H and O–H groups in total. The number of carbonyl (C=O) groups excluding carboxylic acids is 1. The number of nitrogens with one attached hydrogen (secondary N) is 1. The van der Waals surface area contributed by atoms with E-state index in [0.717, 1.165) is 12.1 Å². The molecule has 27 heavy (non-hydrogen) atoms. The lowest BCUT2D eigenvalue weighted by molar-refractivity contribution is -0.384. The van der Waals surface area contributed by atoms with Crippen molar-refractivity contribution in [2.24, 2.45) is 5.41 Å². The fourth-order valence-electron chi connectivity index (χ4n) is 5.02. The summed E-state index contributed by atoms with van der Waals surface area (Å²) in [7, 11) is 0. The first kappa shape index (κ1) is 17.6. The summed E-state index contributed by atoms with van der Waals surface area (Å²) in [4.78, 5) is 33.6. The summed E-state index contributed by atoms with van der Waals surface area (Å²) in [5, 5.41) is 14.1. The van der Waals surface area contributed by atoms with Gasteiger partial charge in [-0.15, -0.1) is 6.58 Å². The number of nitro benzene ring substituents is 1. The summed E-state index contributed by atoms with van der Waals surface area (Å²) in [5.41, 5.74) is 1.08. The van der Waals surface area contributed by atoms with Gasteiger partial charge in [0.1, 0.15) is 0 Å². The van der Waals surface area contributed by atoms with Gasteiger partial charge in [-0.25, -0.2) is 9.97 Å².